The SMILES string of the molecule is C#CCO[C@H]1C[C@H](n2cc(C(F)(F)F)c(=O)[nH]c2=O)O[C@@H]1COC(=O)N(CCC)CCCCCCCCC. The van der Waals surface area contributed by atoms with Crippen molar-refractivity contribution in [3.63, 3.8) is 0 Å². The first kappa shape index (κ1) is 31.4. The lowest BCUT2D eigenvalue weighted by Crippen LogP contribution is -2.37. The maximum atomic E-state index is 13.2. The van der Waals surface area contributed by atoms with Gasteiger partial charge in [-0.25, -0.2) is 9.59 Å². The molecule has 0 unspecified atom stereocenters. The van der Waals surface area contributed by atoms with Crippen LogP contribution in [0.5, 0.6) is 0 Å². The molecule has 1 aromatic rings. The van der Waals surface area contributed by atoms with Crippen molar-refractivity contribution in [1.82, 2.24) is 14.5 Å². The molecule has 0 bridgehead atoms. The first-order valence-corrected chi connectivity index (χ1v) is 13.2. The number of aromatic amines is 1. The lowest BCUT2D eigenvalue weighted by molar-refractivity contribution is -0.139. The number of hydrogen-bond donors (Lipinski definition) is 1. The van der Waals surface area contributed by atoms with Crippen LogP contribution in [0, 0.1) is 12.3 Å². The summed E-state index contributed by atoms with van der Waals surface area (Å²) in [6.07, 6.45) is 5.87. The third kappa shape index (κ3) is 9.51. The molecular weight excluding hydrogens is 507 g/mol. The molecule has 214 valence electrons. The lowest BCUT2D eigenvalue weighted by atomic mass is 10.1. The van der Waals surface area contributed by atoms with Crippen molar-refractivity contribution in [1.29, 1.82) is 0 Å². The highest BCUT2D eigenvalue weighted by Gasteiger charge is 2.40. The van der Waals surface area contributed by atoms with E-state index >= 15 is 0 Å². The number of hydrogen-bond acceptors (Lipinski definition) is 6. The number of nitrogens with one attached hydrogen (secondary N) is 1. The fourth-order valence-corrected chi connectivity index (χ4v) is 4.32. The number of alkyl halides is 3. The minimum absolute atomic E-state index is 0.0378. The zero-order valence-corrected chi connectivity index (χ0v) is 22.1. The Bertz CT molecular complexity index is 1030. The summed E-state index contributed by atoms with van der Waals surface area (Å²) in [4.78, 5) is 39.9. The molecule has 2 rings (SSSR count). The molecule has 1 aliphatic rings. The monoisotopic (exact) mass is 545 g/mol. The van der Waals surface area contributed by atoms with Gasteiger partial charge < -0.3 is 19.1 Å². The highest BCUT2D eigenvalue weighted by molar-refractivity contribution is 5.67. The normalized spacial score (nSPS) is 19.3. The van der Waals surface area contributed by atoms with E-state index in [1.54, 1.807) is 9.88 Å². The van der Waals surface area contributed by atoms with E-state index in [0.717, 1.165) is 25.7 Å². The fraction of sp³-hybridized carbons (Fsp3) is 0.731. The van der Waals surface area contributed by atoms with Gasteiger partial charge in [-0.15, -0.1) is 6.42 Å². The summed E-state index contributed by atoms with van der Waals surface area (Å²) >= 11 is 0. The molecule has 9 nitrogen and oxygen atoms in total. The summed E-state index contributed by atoms with van der Waals surface area (Å²) in [6, 6.07) is 0. The molecule has 3 atom stereocenters. The highest BCUT2D eigenvalue weighted by Crippen LogP contribution is 2.32. The lowest BCUT2D eigenvalue weighted by Gasteiger charge is -2.24. The summed E-state index contributed by atoms with van der Waals surface area (Å²) in [5, 5.41) is 0. The molecule has 1 fully saturated rings. The molecule has 0 aliphatic carbocycles. The Morgan fingerprint density at radius 3 is 2.47 bits per heavy atom. The van der Waals surface area contributed by atoms with Crippen molar-refractivity contribution in [2.45, 2.75) is 96.2 Å². The number of aromatic nitrogens is 2. The molecule has 0 radical (unpaired) electrons. The maximum Gasteiger partial charge on any atom is 0.423 e. The summed E-state index contributed by atoms with van der Waals surface area (Å²) in [5.41, 5.74) is -4.14. The summed E-state index contributed by atoms with van der Waals surface area (Å²) < 4.78 is 57.1. The maximum absolute atomic E-state index is 13.2. The smallest absolute Gasteiger partial charge is 0.423 e. The highest BCUT2D eigenvalue weighted by atomic mass is 19.4. The Morgan fingerprint density at radius 2 is 1.84 bits per heavy atom. The van der Waals surface area contributed by atoms with E-state index in [0.29, 0.717) is 23.9 Å². The first-order chi connectivity index (χ1) is 18.1. The van der Waals surface area contributed by atoms with Crippen LogP contribution in [0.2, 0.25) is 0 Å². The van der Waals surface area contributed by atoms with Crippen LogP contribution in [0.25, 0.3) is 0 Å². The van der Waals surface area contributed by atoms with Crippen molar-refractivity contribution in [3.8, 4) is 12.3 Å². The summed E-state index contributed by atoms with van der Waals surface area (Å²) in [7, 11) is 0. The van der Waals surface area contributed by atoms with Gasteiger partial charge in [-0.2, -0.15) is 13.2 Å². The number of unbranched alkanes of at least 4 members (excludes halogenated alkanes) is 6. The number of nitrogens with zero attached hydrogens (tertiary/aromatic N) is 2. The second kappa shape index (κ2) is 15.6. The molecule has 1 N–H and O–H groups in total. The number of carbonyl (C=O) groups is 1. The van der Waals surface area contributed by atoms with Gasteiger partial charge >= 0.3 is 18.0 Å². The number of carbonyl (C=O) groups excluding carboxylic acids is 1. The van der Waals surface area contributed by atoms with Crippen LogP contribution in [-0.4, -0.2) is 59.1 Å². The molecule has 0 saturated carbocycles. The number of H-pyrrole nitrogens is 1. The van der Waals surface area contributed by atoms with Crippen molar-refractivity contribution in [2.75, 3.05) is 26.3 Å². The average Bonchev–Trinajstić information content (AvgIpc) is 3.26. The summed E-state index contributed by atoms with van der Waals surface area (Å²) in [6.45, 7) is 4.84. The van der Waals surface area contributed by atoms with Crippen LogP contribution in [-0.2, 0) is 20.4 Å². The van der Waals surface area contributed by atoms with Crippen LogP contribution in [0.4, 0.5) is 18.0 Å². The molecule has 38 heavy (non-hydrogen) atoms. The van der Waals surface area contributed by atoms with E-state index in [-0.39, 0.29) is 19.6 Å². The molecule has 2 heterocycles. The van der Waals surface area contributed by atoms with Crippen LogP contribution >= 0.6 is 0 Å². The van der Waals surface area contributed by atoms with E-state index in [2.05, 4.69) is 12.8 Å². The molecule has 0 aromatic carbocycles. The fourth-order valence-electron chi connectivity index (χ4n) is 4.32. The van der Waals surface area contributed by atoms with Gasteiger partial charge in [0.2, 0.25) is 0 Å². The third-order valence-corrected chi connectivity index (χ3v) is 6.30. The van der Waals surface area contributed by atoms with E-state index in [4.69, 9.17) is 20.6 Å². The Morgan fingerprint density at radius 1 is 1.16 bits per heavy atom. The standard InChI is InChI=1S/C26H38F3N3O6/c1-4-7-8-9-10-11-12-14-31(13-5-2)25(35)37-18-21-20(36-15-6-3)16-22(38-21)32-17-19(26(27,28)29)23(33)30-24(32)34/h3,17,20-22H,4-5,7-16,18H2,1-2H3,(H,30,33,34)/t20-,21+,22+/m0/s1. The molecule has 12 heteroatoms. The van der Waals surface area contributed by atoms with E-state index in [1.165, 1.54) is 25.7 Å². The number of terminal acetylenes is 1. The zero-order chi connectivity index (χ0) is 28.1. The van der Waals surface area contributed by atoms with Crippen molar-refractivity contribution < 1.29 is 32.2 Å². The third-order valence-electron chi connectivity index (χ3n) is 6.30. The van der Waals surface area contributed by atoms with Gasteiger partial charge in [0.1, 0.15) is 31.1 Å². The molecule has 1 aliphatic heterocycles. The molecular formula is C26H38F3N3O6. The van der Waals surface area contributed by atoms with Gasteiger partial charge in [-0.3, -0.25) is 14.3 Å². The minimum atomic E-state index is -4.96. The topological polar surface area (TPSA) is 103 Å². The van der Waals surface area contributed by atoms with Crippen LogP contribution in [0.1, 0.15) is 83.4 Å². The first-order valence-electron chi connectivity index (χ1n) is 13.2. The number of ether oxygens (including phenoxy) is 3. The van der Waals surface area contributed by atoms with Gasteiger partial charge in [0.25, 0.3) is 5.56 Å². The number of amides is 1. The van der Waals surface area contributed by atoms with Crippen molar-refractivity contribution >= 4 is 6.09 Å². The second-order valence-electron chi connectivity index (χ2n) is 9.31. The number of rotatable bonds is 15. The average molecular weight is 546 g/mol. The second-order valence-corrected chi connectivity index (χ2v) is 9.31. The Hall–Kier alpha value is -2.78. The molecule has 1 saturated heterocycles. The number of halogens is 3. The summed E-state index contributed by atoms with van der Waals surface area (Å²) in [5.74, 6) is 2.30. The largest absolute Gasteiger partial charge is 0.447 e. The van der Waals surface area contributed by atoms with Gasteiger partial charge in [-0.05, 0) is 12.8 Å². The van der Waals surface area contributed by atoms with E-state index in [1.807, 2.05) is 6.92 Å². The molecule has 1 aromatic heterocycles. The van der Waals surface area contributed by atoms with Crippen LogP contribution < -0.4 is 11.2 Å². The van der Waals surface area contributed by atoms with Gasteiger partial charge in [0.15, 0.2) is 0 Å². The zero-order valence-electron chi connectivity index (χ0n) is 22.1. The Balaban J connectivity index is 2.03. The quantitative estimate of drug-likeness (QED) is 0.258. The van der Waals surface area contributed by atoms with Crippen molar-refractivity contribution in [3.05, 3.63) is 32.6 Å². The predicted octanol–water partition coefficient (Wildman–Crippen LogP) is 4.46. The van der Waals surface area contributed by atoms with Crippen molar-refractivity contribution in [2.24, 2.45) is 0 Å². The van der Waals surface area contributed by atoms with E-state index < -0.39 is 47.5 Å². The predicted molar refractivity (Wildman–Crippen MR) is 135 cm³/mol. The Labute approximate surface area is 220 Å². The van der Waals surface area contributed by atoms with Gasteiger partial charge in [0, 0.05) is 25.7 Å². The van der Waals surface area contributed by atoms with Gasteiger partial charge in [-0.1, -0.05) is 58.3 Å². The van der Waals surface area contributed by atoms with Crippen LogP contribution in [0.3, 0.4) is 0 Å². The van der Waals surface area contributed by atoms with E-state index in [9.17, 15) is 27.6 Å². The molecule has 0 spiro atoms. The minimum Gasteiger partial charge on any atom is -0.447 e. The molecule has 1 amide bonds. The van der Waals surface area contributed by atoms with Gasteiger partial charge in [0.05, 0.1) is 6.10 Å². The van der Waals surface area contributed by atoms with Crippen LogP contribution in [0.15, 0.2) is 15.8 Å². The Kier molecular flexibility index (Phi) is 12.9.